The molecule has 37 heavy (non-hydrogen) atoms. The second-order valence-corrected chi connectivity index (χ2v) is 8.25. The van der Waals surface area contributed by atoms with Gasteiger partial charge in [-0.1, -0.05) is 25.1 Å². The summed E-state index contributed by atoms with van der Waals surface area (Å²) in [6, 6.07) is 15.5. The van der Waals surface area contributed by atoms with Gasteiger partial charge in [0.05, 0.1) is 23.1 Å². The summed E-state index contributed by atoms with van der Waals surface area (Å²) in [7, 11) is 3.30. The van der Waals surface area contributed by atoms with E-state index in [9.17, 15) is 18.8 Å². The molecule has 7 nitrogen and oxygen atoms in total. The Hall–Kier alpha value is -4.27. The Kier molecular flexibility index (Phi) is 8.60. The molecule has 0 fully saturated rings. The lowest BCUT2D eigenvalue weighted by molar-refractivity contribution is -0.898. The number of benzene rings is 2. The molecule has 0 amide bonds. The maximum atomic E-state index is 13.2. The zero-order chi connectivity index (χ0) is 27.2. The first kappa shape index (κ1) is 27.3. The number of nitrogens with one attached hydrogen (secondary N) is 1. The minimum Gasteiger partial charge on any atom is -0.496 e. The molecule has 0 aliphatic rings. The standard InChI is InChI=1S/C18H17N2O4.C10H13F2N/c1-11-5-4-8-19-17(11)14-9-13(6-7-16(14)23-3)18-20(22)15(10-21)12(2)24-18;1-3-10(11,12)8-5-4-6-9(7-8)13-2/h4-10,22H,1-3H3;4-7,13H,3H2,1-2H3/q+1;. The second-order valence-electron chi connectivity index (χ2n) is 8.25. The van der Waals surface area contributed by atoms with Crippen molar-refractivity contribution < 1.29 is 32.7 Å². The second kappa shape index (κ2) is 11.6. The van der Waals surface area contributed by atoms with Gasteiger partial charge in [-0.2, -0.15) is 0 Å². The molecule has 0 radical (unpaired) electrons. The van der Waals surface area contributed by atoms with Gasteiger partial charge in [-0.15, -0.1) is 0 Å². The van der Waals surface area contributed by atoms with Crippen LogP contribution in [-0.2, 0) is 5.92 Å². The highest BCUT2D eigenvalue weighted by molar-refractivity contribution is 5.75. The lowest BCUT2D eigenvalue weighted by Gasteiger charge is -2.15. The van der Waals surface area contributed by atoms with Crippen LogP contribution < -0.4 is 14.8 Å². The minimum atomic E-state index is -2.72. The largest absolute Gasteiger partial charge is 0.496 e. The molecule has 0 aliphatic carbocycles. The van der Waals surface area contributed by atoms with Gasteiger partial charge < -0.3 is 14.5 Å². The number of nitrogens with zero attached hydrogens (tertiary/aromatic N) is 2. The van der Waals surface area contributed by atoms with E-state index >= 15 is 0 Å². The van der Waals surface area contributed by atoms with Gasteiger partial charge in [-0.05, 0) is 48.9 Å². The van der Waals surface area contributed by atoms with Gasteiger partial charge in [0.2, 0.25) is 6.29 Å². The molecule has 9 heteroatoms. The van der Waals surface area contributed by atoms with E-state index in [1.165, 1.54) is 19.1 Å². The molecule has 4 aromatic rings. The van der Waals surface area contributed by atoms with Crippen molar-refractivity contribution in [2.45, 2.75) is 33.1 Å². The summed E-state index contributed by atoms with van der Waals surface area (Å²) in [5.74, 6) is -1.54. The number of aromatic nitrogens is 2. The van der Waals surface area contributed by atoms with Crippen molar-refractivity contribution in [3.63, 3.8) is 0 Å². The van der Waals surface area contributed by atoms with Gasteiger partial charge in [0.1, 0.15) is 5.75 Å². The highest BCUT2D eigenvalue weighted by atomic mass is 19.3. The van der Waals surface area contributed by atoms with E-state index in [1.807, 2.05) is 25.1 Å². The number of pyridine rings is 1. The number of hydrogen-bond donors (Lipinski definition) is 2. The molecule has 0 unspecified atom stereocenters. The number of aryl methyl sites for hydroxylation is 2. The SMILES string of the molecule is CCC(F)(F)c1cccc(NC)c1.COc1ccc(-c2oc(C)c(C=O)[n+]2O)cc1-c1ncccc1C. The predicted octanol–water partition coefficient (Wildman–Crippen LogP) is 6.20. The van der Waals surface area contributed by atoms with Crippen molar-refractivity contribution in [2.24, 2.45) is 0 Å². The Morgan fingerprint density at radius 3 is 2.51 bits per heavy atom. The summed E-state index contributed by atoms with van der Waals surface area (Å²) in [5.41, 5.74) is 4.02. The molecule has 2 aromatic heterocycles. The highest BCUT2D eigenvalue weighted by Crippen LogP contribution is 2.34. The van der Waals surface area contributed by atoms with Crippen LogP contribution in [0.2, 0.25) is 0 Å². The number of methoxy groups -OCH3 is 1. The lowest BCUT2D eigenvalue weighted by atomic mass is 10.0. The first-order chi connectivity index (χ1) is 17.7. The zero-order valence-electron chi connectivity index (χ0n) is 21.4. The number of carbonyl (C=O) groups is 1. The van der Waals surface area contributed by atoms with Crippen LogP contribution in [0, 0.1) is 13.8 Å². The Bertz CT molecular complexity index is 1390. The average molecular weight is 511 g/mol. The van der Waals surface area contributed by atoms with Crippen LogP contribution in [0.25, 0.3) is 22.7 Å². The number of ether oxygens (including phenoxy) is 1. The number of alkyl halides is 2. The van der Waals surface area contributed by atoms with E-state index in [1.54, 1.807) is 51.5 Å². The monoisotopic (exact) mass is 510 g/mol. The first-order valence-corrected chi connectivity index (χ1v) is 11.6. The number of rotatable bonds is 7. The third-order valence-electron chi connectivity index (χ3n) is 5.87. The van der Waals surface area contributed by atoms with Gasteiger partial charge in [-0.25, -0.2) is 8.78 Å². The van der Waals surface area contributed by atoms with E-state index in [2.05, 4.69) is 10.3 Å². The van der Waals surface area contributed by atoms with Crippen LogP contribution in [0.5, 0.6) is 5.75 Å². The van der Waals surface area contributed by atoms with E-state index in [0.29, 0.717) is 29.0 Å². The zero-order valence-corrected chi connectivity index (χ0v) is 21.4. The van der Waals surface area contributed by atoms with Crippen molar-refractivity contribution in [2.75, 3.05) is 19.5 Å². The van der Waals surface area contributed by atoms with Crippen LogP contribution in [0.4, 0.5) is 14.5 Å². The number of oxazole rings is 1. The third-order valence-corrected chi connectivity index (χ3v) is 5.87. The number of carbonyl (C=O) groups excluding carboxylic acids is 1. The quantitative estimate of drug-likeness (QED) is 0.175. The first-order valence-electron chi connectivity index (χ1n) is 11.6. The molecule has 0 atom stereocenters. The van der Waals surface area contributed by atoms with Gasteiger partial charge in [-0.3, -0.25) is 15.0 Å². The van der Waals surface area contributed by atoms with E-state index in [-0.39, 0.29) is 23.6 Å². The molecule has 4 rings (SSSR count). The summed E-state index contributed by atoms with van der Waals surface area (Å²) in [6.45, 7) is 5.06. The summed E-state index contributed by atoms with van der Waals surface area (Å²) in [4.78, 5) is 15.5. The predicted molar refractivity (Wildman–Crippen MR) is 136 cm³/mol. The number of hydrogen-bond acceptors (Lipinski definition) is 6. The Balaban J connectivity index is 0.000000248. The van der Waals surface area contributed by atoms with Crippen molar-refractivity contribution in [1.29, 1.82) is 0 Å². The number of anilines is 1. The van der Waals surface area contributed by atoms with Gasteiger partial charge in [0.25, 0.3) is 5.92 Å². The molecule has 0 aliphatic heterocycles. The molecule has 0 bridgehead atoms. The highest BCUT2D eigenvalue weighted by Gasteiger charge is 2.30. The molecule has 194 valence electrons. The Morgan fingerprint density at radius 2 is 1.92 bits per heavy atom. The van der Waals surface area contributed by atoms with Crippen LogP contribution >= 0.6 is 0 Å². The molecule has 0 saturated carbocycles. The van der Waals surface area contributed by atoms with E-state index in [4.69, 9.17) is 9.15 Å². The molecule has 2 heterocycles. The maximum absolute atomic E-state index is 13.2. The van der Waals surface area contributed by atoms with E-state index < -0.39 is 5.92 Å². The molecule has 0 saturated heterocycles. The van der Waals surface area contributed by atoms with Gasteiger partial charge >= 0.3 is 11.6 Å². The molecule has 2 N–H and O–H groups in total. The third kappa shape index (κ3) is 5.94. The topological polar surface area (TPSA) is 88.5 Å². The van der Waals surface area contributed by atoms with E-state index in [0.717, 1.165) is 21.6 Å². The maximum Gasteiger partial charge on any atom is 0.430 e. The van der Waals surface area contributed by atoms with Crippen LogP contribution in [0.15, 0.2) is 65.2 Å². The Morgan fingerprint density at radius 1 is 1.16 bits per heavy atom. The number of halogens is 2. The summed E-state index contributed by atoms with van der Waals surface area (Å²) in [5, 5.41) is 13.0. The van der Waals surface area contributed by atoms with Gasteiger partial charge in [0.15, 0.2) is 5.76 Å². The minimum absolute atomic E-state index is 0.0712. The fourth-order valence-electron chi connectivity index (χ4n) is 3.71. The smallest absolute Gasteiger partial charge is 0.430 e. The molecule has 2 aromatic carbocycles. The van der Waals surface area contributed by atoms with Crippen molar-refractivity contribution in [3.05, 3.63) is 83.4 Å². The van der Waals surface area contributed by atoms with Crippen LogP contribution in [0.1, 0.15) is 40.7 Å². The average Bonchev–Trinajstić information content (AvgIpc) is 3.21. The van der Waals surface area contributed by atoms with Crippen LogP contribution in [0.3, 0.4) is 0 Å². The van der Waals surface area contributed by atoms with Gasteiger partial charge in [0, 0.05) is 43.4 Å². The fourth-order valence-corrected chi connectivity index (χ4v) is 3.71. The summed E-state index contributed by atoms with van der Waals surface area (Å²) in [6.07, 6.45) is 2.10. The fraction of sp³-hybridized carbons (Fsp3) is 0.250. The molecule has 0 spiro atoms. The van der Waals surface area contributed by atoms with Crippen molar-refractivity contribution in [1.82, 2.24) is 4.98 Å². The molecular formula is C28H30F2N3O4+. The summed E-state index contributed by atoms with van der Waals surface area (Å²) < 4.78 is 38.1. The Labute approximate surface area is 214 Å². The van der Waals surface area contributed by atoms with Crippen molar-refractivity contribution >= 4 is 12.0 Å². The normalized spacial score (nSPS) is 10.9. The van der Waals surface area contributed by atoms with Crippen molar-refractivity contribution in [3.8, 4) is 28.5 Å². The molecular weight excluding hydrogens is 480 g/mol. The summed E-state index contributed by atoms with van der Waals surface area (Å²) >= 11 is 0. The number of aldehydes is 1. The lowest BCUT2D eigenvalue weighted by Crippen LogP contribution is -2.34. The van der Waals surface area contributed by atoms with Crippen LogP contribution in [-0.4, -0.2) is 30.6 Å².